The van der Waals surface area contributed by atoms with Crippen LogP contribution in [0.5, 0.6) is 0 Å². The molecule has 1 atom stereocenters. The van der Waals surface area contributed by atoms with Gasteiger partial charge in [-0.05, 0) is 12.1 Å². The molecule has 0 saturated carbocycles. The second kappa shape index (κ2) is 3.74. The quantitative estimate of drug-likeness (QED) is 0.745. The van der Waals surface area contributed by atoms with E-state index in [-0.39, 0.29) is 12.6 Å². The van der Waals surface area contributed by atoms with E-state index in [4.69, 9.17) is 10.8 Å². The maximum absolute atomic E-state index is 8.90. The summed E-state index contributed by atoms with van der Waals surface area (Å²) in [6.07, 6.45) is 0. The van der Waals surface area contributed by atoms with E-state index in [2.05, 4.69) is 4.98 Å². The Morgan fingerprint density at radius 2 is 2.00 bits per heavy atom. The third kappa shape index (κ3) is 1.60. The Kier molecular flexibility index (Phi) is 2.43. The van der Waals surface area contributed by atoms with Crippen LogP contribution in [0.4, 0.5) is 0 Å². The summed E-state index contributed by atoms with van der Waals surface area (Å²) in [7, 11) is 0. The van der Waals surface area contributed by atoms with Crippen molar-refractivity contribution in [2.24, 2.45) is 5.73 Å². The highest BCUT2D eigenvalue weighted by Gasteiger charge is 2.05. The average Bonchev–Trinajstić information content (AvgIpc) is 2.27. The standard InChI is InChI=1S/C11H12N2O/c12-9(7-14)11-6-5-8-3-1-2-4-10(8)13-11/h1-6,9,14H,7,12H2/t9-/m1/s1. The van der Waals surface area contributed by atoms with Crippen molar-refractivity contribution in [1.82, 2.24) is 4.98 Å². The number of aliphatic hydroxyl groups is 1. The van der Waals surface area contributed by atoms with Crippen molar-refractivity contribution in [2.75, 3.05) is 6.61 Å². The van der Waals surface area contributed by atoms with Gasteiger partial charge in [0.05, 0.1) is 23.9 Å². The Labute approximate surface area is 82.2 Å². The molecule has 2 rings (SSSR count). The van der Waals surface area contributed by atoms with Gasteiger partial charge in [-0.3, -0.25) is 4.98 Å². The van der Waals surface area contributed by atoms with E-state index in [1.165, 1.54) is 0 Å². The molecule has 3 heteroatoms. The number of hydrogen-bond acceptors (Lipinski definition) is 3. The molecule has 0 aliphatic rings. The monoisotopic (exact) mass is 188 g/mol. The molecule has 0 radical (unpaired) electrons. The number of aliphatic hydroxyl groups excluding tert-OH is 1. The SMILES string of the molecule is N[C@H](CO)c1ccc2ccccc2n1. The summed E-state index contributed by atoms with van der Waals surface area (Å²) < 4.78 is 0. The molecular formula is C11H12N2O. The Hall–Kier alpha value is -1.45. The van der Waals surface area contributed by atoms with E-state index in [1.54, 1.807) is 0 Å². The van der Waals surface area contributed by atoms with Crippen molar-refractivity contribution in [3.63, 3.8) is 0 Å². The Bertz CT molecular complexity index is 442. The van der Waals surface area contributed by atoms with E-state index in [9.17, 15) is 0 Å². The summed E-state index contributed by atoms with van der Waals surface area (Å²) in [4.78, 5) is 4.36. The first-order chi connectivity index (χ1) is 6.81. The van der Waals surface area contributed by atoms with Crippen LogP contribution in [0.15, 0.2) is 36.4 Å². The van der Waals surface area contributed by atoms with Gasteiger partial charge in [-0.1, -0.05) is 24.3 Å². The van der Waals surface area contributed by atoms with Gasteiger partial charge in [-0.2, -0.15) is 0 Å². The number of aromatic nitrogens is 1. The molecule has 14 heavy (non-hydrogen) atoms. The molecule has 3 N–H and O–H groups in total. The minimum Gasteiger partial charge on any atom is -0.394 e. The van der Waals surface area contributed by atoms with Crippen LogP contribution in [0.3, 0.4) is 0 Å². The zero-order valence-electron chi connectivity index (χ0n) is 7.72. The number of pyridine rings is 1. The summed E-state index contributed by atoms with van der Waals surface area (Å²) in [5.41, 5.74) is 7.31. The second-order valence-corrected chi connectivity index (χ2v) is 3.22. The molecule has 72 valence electrons. The Morgan fingerprint density at radius 1 is 1.21 bits per heavy atom. The molecule has 1 heterocycles. The molecule has 1 aromatic heterocycles. The van der Waals surface area contributed by atoms with Gasteiger partial charge in [0.25, 0.3) is 0 Å². The van der Waals surface area contributed by atoms with Crippen molar-refractivity contribution in [2.45, 2.75) is 6.04 Å². The van der Waals surface area contributed by atoms with Crippen molar-refractivity contribution in [3.8, 4) is 0 Å². The highest BCUT2D eigenvalue weighted by atomic mass is 16.3. The van der Waals surface area contributed by atoms with E-state index in [1.807, 2.05) is 36.4 Å². The number of hydrogen-bond donors (Lipinski definition) is 2. The normalized spacial score (nSPS) is 13.0. The second-order valence-electron chi connectivity index (χ2n) is 3.22. The van der Waals surface area contributed by atoms with E-state index >= 15 is 0 Å². The molecular weight excluding hydrogens is 176 g/mol. The molecule has 1 aromatic carbocycles. The molecule has 0 aliphatic heterocycles. The van der Waals surface area contributed by atoms with Gasteiger partial charge < -0.3 is 10.8 Å². The molecule has 0 saturated heterocycles. The topological polar surface area (TPSA) is 59.1 Å². The molecule has 0 amide bonds. The number of fused-ring (bicyclic) bond motifs is 1. The highest BCUT2D eigenvalue weighted by Crippen LogP contribution is 2.14. The predicted octanol–water partition coefficient (Wildman–Crippen LogP) is 1.23. The fourth-order valence-electron chi connectivity index (χ4n) is 1.38. The Morgan fingerprint density at radius 3 is 2.79 bits per heavy atom. The van der Waals surface area contributed by atoms with Crippen LogP contribution in [0.25, 0.3) is 10.9 Å². The smallest absolute Gasteiger partial charge is 0.0706 e. The fourth-order valence-corrected chi connectivity index (χ4v) is 1.38. The highest BCUT2D eigenvalue weighted by molar-refractivity contribution is 5.78. The number of rotatable bonds is 2. The lowest BCUT2D eigenvalue weighted by Gasteiger charge is -2.07. The van der Waals surface area contributed by atoms with E-state index in [0.717, 1.165) is 16.6 Å². The molecule has 0 fully saturated rings. The van der Waals surface area contributed by atoms with E-state index < -0.39 is 0 Å². The summed E-state index contributed by atoms with van der Waals surface area (Å²) in [5, 5.41) is 9.98. The first-order valence-electron chi connectivity index (χ1n) is 4.53. The summed E-state index contributed by atoms with van der Waals surface area (Å²) in [6.45, 7) is -0.0780. The number of para-hydroxylation sites is 1. The van der Waals surface area contributed by atoms with E-state index in [0.29, 0.717) is 0 Å². The van der Waals surface area contributed by atoms with Crippen molar-refractivity contribution < 1.29 is 5.11 Å². The van der Waals surface area contributed by atoms with Gasteiger partial charge in [0.15, 0.2) is 0 Å². The minimum atomic E-state index is -0.389. The third-order valence-corrected chi connectivity index (χ3v) is 2.20. The lowest BCUT2D eigenvalue weighted by molar-refractivity contribution is 0.266. The average molecular weight is 188 g/mol. The van der Waals surface area contributed by atoms with Crippen molar-refractivity contribution >= 4 is 10.9 Å². The molecule has 0 aliphatic carbocycles. The molecule has 0 unspecified atom stereocenters. The molecule has 0 bridgehead atoms. The number of benzene rings is 1. The maximum Gasteiger partial charge on any atom is 0.0706 e. The third-order valence-electron chi connectivity index (χ3n) is 2.20. The first kappa shape index (κ1) is 9.12. The van der Waals surface area contributed by atoms with Crippen LogP contribution in [-0.4, -0.2) is 16.7 Å². The molecule has 2 aromatic rings. The van der Waals surface area contributed by atoms with Crippen LogP contribution in [-0.2, 0) is 0 Å². The number of nitrogens with zero attached hydrogens (tertiary/aromatic N) is 1. The predicted molar refractivity (Wildman–Crippen MR) is 55.8 cm³/mol. The fraction of sp³-hybridized carbons (Fsp3) is 0.182. The maximum atomic E-state index is 8.90. The summed E-state index contributed by atoms with van der Waals surface area (Å²) in [6, 6.07) is 11.3. The van der Waals surface area contributed by atoms with Gasteiger partial charge in [-0.15, -0.1) is 0 Å². The lowest BCUT2D eigenvalue weighted by Crippen LogP contribution is -2.15. The molecule has 3 nitrogen and oxygen atoms in total. The van der Waals surface area contributed by atoms with Gasteiger partial charge in [0, 0.05) is 5.39 Å². The zero-order chi connectivity index (χ0) is 9.97. The van der Waals surface area contributed by atoms with Gasteiger partial charge in [0.1, 0.15) is 0 Å². The van der Waals surface area contributed by atoms with Crippen LogP contribution in [0.2, 0.25) is 0 Å². The van der Waals surface area contributed by atoms with Crippen molar-refractivity contribution in [1.29, 1.82) is 0 Å². The Balaban J connectivity index is 2.51. The lowest BCUT2D eigenvalue weighted by atomic mass is 10.1. The van der Waals surface area contributed by atoms with Crippen LogP contribution in [0, 0.1) is 0 Å². The van der Waals surface area contributed by atoms with Crippen LogP contribution in [0.1, 0.15) is 11.7 Å². The van der Waals surface area contributed by atoms with Crippen LogP contribution < -0.4 is 5.73 Å². The first-order valence-corrected chi connectivity index (χ1v) is 4.53. The minimum absolute atomic E-state index is 0.0780. The van der Waals surface area contributed by atoms with Gasteiger partial charge >= 0.3 is 0 Å². The largest absolute Gasteiger partial charge is 0.394 e. The van der Waals surface area contributed by atoms with Gasteiger partial charge in [-0.25, -0.2) is 0 Å². The zero-order valence-corrected chi connectivity index (χ0v) is 7.72. The number of nitrogens with two attached hydrogens (primary N) is 1. The van der Waals surface area contributed by atoms with Crippen molar-refractivity contribution in [3.05, 3.63) is 42.1 Å². The summed E-state index contributed by atoms with van der Waals surface area (Å²) in [5.74, 6) is 0. The molecule has 0 spiro atoms. The summed E-state index contributed by atoms with van der Waals surface area (Å²) >= 11 is 0. The van der Waals surface area contributed by atoms with Gasteiger partial charge in [0.2, 0.25) is 0 Å². The van der Waals surface area contributed by atoms with Crippen LogP contribution >= 0.6 is 0 Å².